The first-order chi connectivity index (χ1) is 13.1. The van der Waals surface area contributed by atoms with E-state index in [9.17, 15) is 10.1 Å². The molecule has 27 heavy (non-hydrogen) atoms. The lowest BCUT2D eigenvalue weighted by molar-refractivity contribution is -0.384. The summed E-state index contributed by atoms with van der Waals surface area (Å²) in [6, 6.07) is 14.3. The smallest absolute Gasteiger partial charge is 0.292 e. The average Bonchev–Trinajstić information content (AvgIpc) is 3.22. The van der Waals surface area contributed by atoms with Crippen LogP contribution in [0.5, 0.6) is 5.75 Å². The van der Waals surface area contributed by atoms with E-state index in [-0.39, 0.29) is 11.7 Å². The molecule has 1 heterocycles. The molecule has 1 N–H and O–H groups in total. The van der Waals surface area contributed by atoms with E-state index in [0.29, 0.717) is 17.8 Å². The molecule has 140 valence electrons. The van der Waals surface area contributed by atoms with Gasteiger partial charge in [-0.2, -0.15) is 5.26 Å². The van der Waals surface area contributed by atoms with Crippen LogP contribution in [0.4, 0.5) is 11.4 Å². The van der Waals surface area contributed by atoms with E-state index >= 15 is 0 Å². The summed E-state index contributed by atoms with van der Waals surface area (Å²) in [6.45, 7) is 2.44. The number of para-hydroxylation sites is 1. The minimum Gasteiger partial charge on any atom is -0.496 e. The summed E-state index contributed by atoms with van der Waals surface area (Å²) in [5, 5.41) is 23.7. The molecule has 1 aliphatic heterocycles. The third-order valence-corrected chi connectivity index (χ3v) is 4.89. The Morgan fingerprint density at radius 3 is 2.70 bits per heavy atom. The summed E-state index contributed by atoms with van der Waals surface area (Å²) in [5.41, 5.74) is 1.76. The van der Waals surface area contributed by atoms with Crippen LogP contribution in [0.3, 0.4) is 0 Å². The number of nitrogens with one attached hydrogen (secondary N) is 1. The third kappa shape index (κ3) is 4.18. The van der Waals surface area contributed by atoms with Gasteiger partial charge in [0.05, 0.1) is 29.7 Å². The van der Waals surface area contributed by atoms with Crippen LogP contribution in [-0.2, 0) is 0 Å². The number of ether oxygens (including phenoxy) is 1. The monoisotopic (exact) mass is 366 g/mol. The molecule has 2 aromatic carbocycles. The van der Waals surface area contributed by atoms with Crippen molar-refractivity contribution in [3.05, 3.63) is 63.7 Å². The number of likely N-dealkylation sites (tertiary alicyclic amines) is 1. The molecule has 1 aliphatic rings. The molecule has 1 atom stereocenters. The number of nitro groups is 1. The van der Waals surface area contributed by atoms with Crippen molar-refractivity contribution in [2.45, 2.75) is 18.9 Å². The number of nitriles is 1. The zero-order chi connectivity index (χ0) is 19.2. The van der Waals surface area contributed by atoms with Crippen LogP contribution in [0.1, 0.15) is 30.0 Å². The van der Waals surface area contributed by atoms with Crippen molar-refractivity contribution >= 4 is 11.4 Å². The molecule has 0 saturated carbocycles. The summed E-state index contributed by atoms with van der Waals surface area (Å²) < 4.78 is 5.53. The maximum absolute atomic E-state index is 11.3. The van der Waals surface area contributed by atoms with Gasteiger partial charge in [0.15, 0.2) is 0 Å². The van der Waals surface area contributed by atoms with Crippen LogP contribution >= 0.6 is 0 Å². The Kier molecular flexibility index (Phi) is 5.89. The number of hydrogen-bond acceptors (Lipinski definition) is 6. The highest BCUT2D eigenvalue weighted by molar-refractivity contribution is 5.64. The van der Waals surface area contributed by atoms with E-state index in [1.165, 1.54) is 18.2 Å². The molecule has 7 heteroatoms. The second-order valence-corrected chi connectivity index (χ2v) is 6.48. The Hall–Kier alpha value is -3.11. The van der Waals surface area contributed by atoms with E-state index in [2.05, 4.69) is 10.2 Å². The predicted octanol–water partition coefficient (Wildman–Crippen LogP) is 3.72. The molecule has 0 aliphatic carbocycles. The van der Waals surface area contributed by atoms with Gasteiger partial charge in [-0.15, -0.1) is 0 Å². The second kappa shape index (κ2) is 8.52. The van der Waals surface area contributed by atoms with Crippen LogP contribution in [-0.4, -0.2) is 36.6 Å². The standard InChI is InChI=1S/C20H22N4O3/c1-27-20-7-3-2-6-16(20)19(23-10-4-5-11-23)14-22-17-12-15(13-21)8-9-18(17)24(25)26/h2-3,6-9,12,19,22H,4-5,10-11,14H2,1H3. The first-order valence-corrected chi connectivity index (χ1v) is 8.93. The van der Waals surface area contributed by atoms with Crippen LogP contribution in [0.25, 0.3) is 0 Å². The van der Waals surface area contributed by atoms with Gasteiger partial charge in [-0.3, -0.25) is 15.0 Å². The summed E-state index contributed by atoms with van der Waals surface area (Å²) in [4.78, 5) is 13.3. The first kappa shape index (κ1) is 18.7. The van der Waals surface area contributed by atoms with Gasteiger partial charge in [0.2, 0.25) is 0 Å². The van der Waals surface area contributed by atoms with Crippen molar-refractivity contribution < 1.29 is 9.66 Å². The van der Waals surface area contributed by atoms with Crippen molar-refractivity contribution in [2.24, 2.45) is 0 Å². The number of nitro benzene ring substituents is 1. The van der Waals surface area contributed by atoms with Crippen molar-refractivity contribution in [3.8, 4) is 11.8 Å². The Labute approximate surface area is 158 Å². The van der Waals surface area contributed by atoms with Gasteiger partial charge in [-0.1, -0.05) is 18.2 Å². The fourth-order valence-corrected chi connectivity index (χ4v) is 3.54. The SMILES string of the molecule is COc1ccccc1C(CNc1cc(C#N)ccc1[N+](=O)[O-])N1CCCC1. The third-order valence-electron chi connectivity index (χ3n) is 4.89. The fourth-order valence-electron chi connectivity index (χ4n) is 3.54. The summed E-state index contributed by atoms with van der Waals surface area (Å²) in [5.74, 6) is 0.802. The summed E-state index contributed by atoms with van der Waals surface area (Å²) >= 11 is 0. The number of benzene rings is 2. The van der Waals surface area contributed by atoms with Gasteiger partial charge in [0.25, 0.3) is 5.69 Å². The van der Waals surface area contributed by atoms with Crippen LogP contribution < -0.4 is 10.1 Å². The van der Waals surface area contributed by atoms with Gasteiger partial charge in [0, 0.05) is 18.2 Å². The van der Waals surface area contributed by atoms with Gasteiger partial charge >= 0.3 is 0 Å². The second-order valence-electron chi connectivity index (χ2n) is 6.48. The number of rotatable bonds is 7. The average molecular weight is 366 g/mol. The Morgan fingerprint density at radius 2 is 2.04 bits per heavy atom. The van der Waals surface area contributed by atoms with E-state index in [1.54, 1.807) is 7.11 Å². The van der Waals surface area contributed by atoms with Crippen molar-refractivity contribution in [1.82, 2.24) is 4.90 Å². The minimum atomic E-state index is -0.433. The molecule has 0 aromatic heterocycles. The highest BCUT2D eigenvalue weighted by atomic mass is 16.6. The van der Waals surface area contributed by atoms with Gasteiger partial charge in [0.1, 0.15) is 11.4 Å². The highest BCUT2D eigenvalue weighted by Crippen LogP contribution is 2.33. The van der Waals surface area contributed by atoms with Crippen LogP contribution in [0.2, 0.25) is 0 Å². The maximum Gasteiger partial charge on any atom is 0.292 e. The normalized spacial score (nSPS) is 15.1. The number of nitrogens with zero attached hydrogens (tertiary/aromatic N) is 3. The van der Waals surface area contributed by atoms with Gasteiger partial charge in [-0.05, 0) is 44.1 Å². The molecule has 1 saturated heterocycles. The Morgan fingerprint density at radius 1 is 1.30 bits per heavy atom. The molecule has 0 spiro atoms. The Bertz CT molecular complexity index is 857. The lowest BCUT2D eigenvalue weighted by Crippen LogP contribution is -2.31. The number of methoxy groups -OCH3 is 1. The molecule has 1 fully saturated rings. The summed E-state index contributed by atoms with van der Waals surface area (Å²) in [7, 11) is 1.65. The van der Waals surface area contributed by atoms with Crippen LogP contribution in [0.15, 0.2) is 42.5 Å². The molecule has 0 amide bonds. The topological polar surface area (TPSA) is 91.4 Å². The van der Waals surface area contributed by atoms with E-state index in [1.807, 2.05) is 30.3 Å². The van der Waals surface area contributed by atoms with Crippen molar-refractivity contribution in [3.63, 3.8) is 0 Å². The Balaban J connectivity index is 1.90. The fraction of sp³-hybridized carbons (Fsp3) is 0.350. The number of anilines is 1. The molecule has 3 rings (SSSR count). The number of hydrogen-bond donors (Lipinski definition) is 1. The van der Waals surface area contributed by atoms with Crippen LogP contribution in [0, 0.1) is 21.4 Å². The zero-order valence-electron chi connectivity index (χ0n) is 15.2. The molecular weight excluding hydrogens is 344 g/mol. The van der Waals surface area contributed by atoms with Crippen molar-refractivity contribution in [1.29, 1.82) is 5.26 Å². The molecule has 1 unspecified atom stereocenters. The maximum atomic E-state index is 11.3. The largest absolute Gasteiger partial charge is 0.496 e. The lowest BCUT2D eigenvalue weighted by Gasteiger charge is -2.29. The summed E-state index contributed by atoms with van der Waals surface area (Å²) in [6.07, 6.45) is 2.27. The van der Waals surface area contributed by atoms with Gasteiger partial charge in [-0.25, -0.2) is 0 Å². The van der Waals surface area contributed by atoms with E-state index in [0.717, 1.165) is 37.2 Å². The predicted molar refractivity (Wildman–Crippen MR) is 103 cm³/mol. The van der Waals surface area contributed by atoms with Crippen molar-refractivity contribution in [2.75, 3.05) is 32.1 Å². The molecule has 0 radical (unpaired) electrons. The minimum absolute atomic E-state index is 0.0222. The van der Waals surface area contributed by atoms with E-state index < -0.39 is 4.92 Å². The molecular formula is C20H22N4O3. The van der Waals surface area contributed by atoms with Gasteiger partial charge < -0.3 is 10.1 Å². The van der Waals surface area contributed by atoms with E-state index in [4.69, 9.17) is 10.00 Å². The zero-order valence-corrected chi connectivity index (χ0v) is 15.2. The molecule has 7 nitrogen and oxygen atoms in total. The lowest BCUT2D eigenvalue weighted by atomic mass is 10.0. The first-order valence-electron chi connectivity index (χ1n) is 8.93. The molecule has 2 aromatic rings. The quantitative estimate of drug-likeness (QED) is 0.593. The highest BCUT2D eigenvalue weighted by Gasteiger charge is 2.26. The molecule has 0 bridgehead atoms.